The number of allylic oxidation sites excluding steroid dienone is 2. The van der Waals surface area contributed by atoms with Crippen molar-refractivity contribution in [1.82, 2.24) is 0 Å². The molecule has 0 spiro atoms. The third-order valence-electron chi connectivity index (χ3n) is 4.82. The first-order chi connectivity index (χ1) is 5.86. The molecule has 0 aromatic heterocycles. The van der Waals surface area contributed by atoms with Gasteiger partial charge in [0.15, 0.2) is 0 Å². The Balaban J connectivity index is 1.97. The fraction of sp³-hybridized carbons (Fsp3) is 0.727. The van der Waals surface area contributed by atoms with Gasteiger partial charge < -0.3 is 0 Å². The summed E-state index contributed by atoms with van der Waals surface area (Å²) in [5.41, 5.74) is 0. The van der Waals surface area contributed by atoms with E-state index >= 15 is 0 Å². The molecule has 0 amide bonds. The highest BCUT2D eigenvalue weighted by Crippen LogP contribution is 2.67. The van der Waals surface area contributed by atoms with Crippen molar-refractivity contribution in [2.24, 2.45) is 35.5 Å². The highest BCUT2D eigenvalue weighted by Gasteiger charge is 2.64. The summed E-state index contributed by atoms with van der Waals surface area (Å²) in [7, 11) is 0. The minimum absolute atomic E-state index is 0.468. The molecule has 0 unspecified atom stereocenters. The molecule has 3 fully saturated rings. The maximum absolute atomic E-state index is 11.6. The number of rotatable bonds is 0. The van der Waals surface area contributed by atoms with E-state index < -0.39 is 0 Å². The van der Waals surface area contributed by atoms with Gasteiger partial charge in [0.05, 0.1) is 0 Å². The van der Waals surface area contributed by atoms with Crippen LogP contribution in [0.15, 0.2) is 12.2 Å². The average Bonchev–Trinajstić information content (AvgIpc) is 2.58. The lowest BCUT2D eigenvalue weighted by Crippen LogP contribution is -2.23. The van der Waals surface area contributed by atoms with Crippen molar-refractivity contribution in [1.29, 1.82) is 0 Å². The molecule has 0 aliphatic heterocycles. The largest absolute Gasteiger partial charge is 0.299 e. The van der Waals surface area contributed by atoms with Gasteiger partial charge in [-0.1, -0.05) is 12.2 Å². The topological polar surface area (TPSA) is 17.1 Å². The van der Waals surface area contributed by atoms with Crippen LogP contribution in [0.3, 0.4) is 0 Å². The lowest BCUT2D eigenvalue weighted by molar-refractivity contribution is -0.121. The number of hydrogen-bond donors (Lipinski definition) is 0. The molecule has 0 radical (unpaired) electrons. The van der Waals surface area contributed by atoms with E-state index in [9.17, 15) is 4.79 Å². The van der Waals surface area contributed by atoms with Gasteiger partial charge in [-0.15, -0.1) is 0 Å². The van der Waals surface area contributed by atoms with Gasteiger partial charge in [0.1, 0.15) is 5.78 Å². The number of carbonyl (C=O) groups is 1. The predicted octanol–water partition coefficient (Wildman–Crippen LogP) is 1.64. The van der Waals surface area contributed by atoms with Gasteiger partial charge >= 0.3 is 0 Å². The highest BCUT2D eigenvalue weighted by molar-refractivity contribution is 5.86. The molecule has 0 aromatic rings. The van der Waals surface area contributed by atoms with Crippen LogP contribution >= 0.6 is 0 Å². The molecule has 62 valence electrons. The lowest BCUT2D eigenvalue weighted by Gasteiger charge is -2.24. The molecule has 0 saturated heterocycles. The molecular weight excluding hydrogens is 148 g/mol. The van der Waals surface area contributed by atoms with Crippen LogP contribution in [0, 0.1) is 35.5 Å². The lowest BCUT2D eigenvalue weighted by atomic mass is 9.79. The van der Waals surface area contributed by atoms with E-state index in [0.29, 0.717) is 17.6 Å². The van der Waals surface area contributed by atoms with E-state index in [4.69, 9.17) is 0 Å². The van der Waals surface area contributed by atoms with Gasteiger partial charge in [-0.25, -0.2) is 0 Å². The Morgan fingerprint density at radius 2 is 1.92 bits per heavy atom. The molecule has 4 rings (SSSR count). The molecule has 4 aliphatic carbocycles. The standard InChI is InChI=1S/C11H12O/c12-10-4-8-5-1-2-6-7(5)3-9(8)11(6)10/h1-2,5-9,11H,3-4H2/t5-,6-,7-,8-,9+,11+/m1/s1. The number of Topliss-reactive ketones (excluding diaryl/α,β-unsaturated/α-hetero) is 1. The van der Waals surface area contributed by atoms with Crippen molar-refractivity contribution in [3.63, 3.8) is 0 Å². The number of hydrogen-bond acceptors (Lipinski definition) is 1. The second-order valence-corrected chi connectivity index (χ2v) is 4.96. The van der Waals surface area contributed by atoms with Gasteiger partial charge in [-0.3, -0.25) is 4.79 Å². The van der Waals surface area contributed by atoms with Crippen LogP contribution in [0.25, 0.3) is 0 Å². The monoisotopic (exact) mass is 160 g/mol. The minimum Gasteiger partial charge on any atom is -0.299 e. The van der Waals surface area contributed by atoms with Crippen molar-refractivity contribution in [2.45, 2.75) is 12.8 Å². The molecule has 1 heteroatoms. The fourth-order valence-electron chi connectivity index (χ4n) is 4.54. The molecule has 0 heterocycles. The Morgan fingerprint density at radius 3 is 2.83 bits per heavy atom. The second-order valence-electron chi connectivity index (χ2n) is 4.96. The van der Waals surface area contributed by atoms with E-state index in [1.165, 1.54) is 6.42 Å². The van der Waals surface area contributed by atoms with Crippen molar-refractivity contribution >= 4 is 5.78 Å². The number of carbonyl (C=O) groups excluding carboxylic acids is 1. The Bertz CT molecular complexity index is 304. The number of ketones is 1. The molecule has 4 aliphatic rings. The van der Waals surface area contributed by atoms with Gasteiger partial charge in [0, 0.05) is 12.3 Å². The number of fused-ring (bicyclic) bond motifs is 2. The summed E-state index contributed by atoms with van der Waals surface area (Å²) >= 11 is 0. The van der Waals surface area contributed by atoms with Crippen molar-refractivity contribution in [3.05, 3.63) is 12.2 Å². The zero-order valence-electron chi connectivity index (χ0n) is 6.94. The molecule has 1 nitrogen and oxygen atoms in total. The zero-order chi connectivity index (χ0) is 7.87. The van der Waals surface area contributed by atoms with Crippen molar-refractivity contribution in [3.8, 4) is 0 Å². The van der Waals surface area contributed by atoms with Crippen LogP contribution < -0.4 is 0 Å². The van der Waals surface area contributed by atoms with E-state index in [1.54, 1.807) is 0 Å². The summed E-state index contributed by atoms with van der Waals surface area (Å²) in [6, 6.07) is 0. The van der Waals surface area contributed by atoms with Crippen LogP contribution in [-0.2, 0) is 4.79 Å². The smallest absolute Gasteiger partial charge is 0.137 e. The molecule has 3 saturated carbocycles. The highest BCUT2D eigenvalue weighted by atomic mass is 16.1. The molecule has 6 atom stereocenters. The van der Waals surface area contributed by atoms with Gasteiger partial charge in [0.25, 0.3) is 0 Å². The molecule has 2 bridgehead atoms. The fourth-order valence-corrected chi connectivity index (χ4v) is 4.54. The Kier molecular flexibility index (Phi) is 0.768. The van der Waals surface area contributed by atoms with Crippen LogP contribution in [0.2, 0.25) is 0 Å². The summed E-state index contributed by atoms with van der Waals surface area (Å²) in [5, 5.41) is 0. The Morgan fingerprint density at radius 1 is 1.08 bits per heavy atom. The second kappa shape index (κ2) is 1.55. The first-order valence-corrected chi connectivity index (χ1v) is 5.07. The summed E-state index contributed by atoms with van der Waals surface area (Å²) in [4.78, 5) is 11.6. The maximum Gasteiger partial charge on any atom is 0.137 e. The SMILES string of the molecule is O=C1C[C@@H]2[C@@H]3C=C[C@@H]4[C@@H]3C[C@@H]2[C@@H]14. The third-order valence-corrected chi connectivity index (χ3v) is 4.82. The summed E-state index contributed by atoms with van der Waals surface area (Å²) in [6.07, 6.45) is 7.03. The molecule has 0 N–H and O–H groups in total. The third kappa shape index (κ3) is 0.408. The van der Waals surface area contributed by atoms with Crippen molar-refractivity contribution < 1.29 is 4.79 Å². The van der Waals surface area contributed by atoms with Gasteiger partial charge in [-0.05, 0) is 36.0 Å². The summed E-state index contributed by atoms with van der Waals surface area (Å²) < 4.78 is 0. The van der Waals surface area contributed by atoms with E-state index in [1.807, 2.05) is 0 Å². The molecule has 12 heavy (non-hydrogen) atoms. The zero-order valence-corrected chi connectivity index (χ0v) is 6.94. The minimum atomic E-state index is 0.468. The van der Waals surface area contributed by atoms with Crippen LogP contribution in [-0.4, -0.2) is 5.78 Å². The molecular formula is C11H12O. The molecule has 0 aromatic carbocycles. The van der Waals surface area contributed by atoms with Gasteiger partial charge in [0.2, 0.25) is 0 Å². The predicted molar refractivity (Wildman–Crippen MR) is 44.3 cm³/mol. The normalized spacial score (nSPS) is 63.8. The van der Waals surface area contributed by atoms with Crippen LogP contribution in [0.5, 0.6) is 0 Å². The van der Waals surface area contributed by atoms with Crippen molar-refractivity contribution in [2.75, 3.05) is 0 Å². The summed E-state index contributed by atoms with van der Waals surface area (Å²) in [5.74, 6) is 4.99. The first kappa shape index (κ1) is 5.95. The first-order valence-electron chi connectivity index (χ1n) is 5.07. The van der Waals surface area contributed by atoms with Crippen LogP contribution in [0.4, 0.5) is 0 Å². The van der Waals surface area contributed by atoms with E-state index in [-0.39, 0.29) is 0 Å². The van der Waals surface area contributed by atoms with Gasteiger partial charge in [-0.2, -0.15) is 0 Å². The Labute approximate surface area is 71.8 Å². The van der Waals surface area contributed by atoms with E-state index in [0.717, 1.165) is 30.1 Å². The van der Waals surface area contributed by atoms with E-state index in [2.05, 4.69) is 12.2 Å². The average molecular weight is 160 g/mol. The van der Waals surface area contributed by atoms with Crippen LogP contribution in [0.1, 0.15) is 12.8 Å². The quantitative estimate of drug-likeness (QED) is 0.492. The summed E-state index contributed by atoms with van der Waals surface area (Å²) in [6.45, 7) is 0. The Hall–Kier alpha value is -0.590. The maximum atomic E-state index is 11.6.